The number of amidine groups is 1. The molecule has 3 rings (SSSR count). The third-order valence-corrected chi connectivity index (χ3v) is 4.41. The Morgan fingerprint density at radius 2 is 2.25 bits per heavy atom. The van der Waals surface area contributed by atoms with Gasteiger partial charge in [0, 0.05) is 17.3 Å². The summed E-state index contributed by atoms with van der Waals surface area (Å²) in [6.45, 7) is 0.583. The van der Waals surface area contributed by atoms with Crippen LogP contribution >= 0.6 is 23.5 Å². The highest BCUT2D eigenvalue weighted by Gasteiger charge is 2.17. The average molecular weight is 303 g/mol. The first-order valence-electron chi connectivity index (χ1n) is 5.99. The van der Waals surface area contributed by atoms with Crippen LogP contribution in [0, 0.1) is 0 Å². The number of hydrogen-bond acceptors (Lipinski definition) is 6. The van der Waals surface area contributed by atoms with E-state index in [1.165, 1.54) is 11.8 Å². The molecule has 0 aliphatic carbocycles. The van der Waals surface area contributed by atoms with Crippen LogP contribution in [0.5, 0.6) is 0 Å². The number of fused-ring (bicyclic) bond motifs is 2. The Kier molecular flexibility index (Phi) is 3.79. The SMILES string of the molecule is CSC(N)=NCc1ccc2c(c1)Nc1nccnc1S2. The highest BCUT2D eigenvalue weighted by atomic mass is 32.2. The Morgan fingerprint density at radius 3 is 3.10 bits per heavy atom. The number of nitrogens with two attached hydrogens (primary N) is 1. The van der Waals surface area contributed by atoms with E-state index in [9.17, 15) is 0 Å². The van der Waals surface area contributed by atoms with Crippen LogP contribution in [-0.2, 0) is 6.54 Å². The summed E-state index contributed by atoms with van der Waals surface area (Å²) in [5.41, 5.74) is 7.85. The van der Waals surface area contributed by atoms with Crippen LogP contribution in [0.2, 0.25) is 0 Å². The number of nitrogens with zero attached hydrogens (tertiary/aromatic N) is 3. The van der Waals surface area contributed by atoms with E-state index in [0.29, 0.717) is 11.7 Å². The van der Waals surface area contributed by atoms with E-state index < -0.39 is 0 Å². The minimum absolute atomic E-state index is 0.583. The molecule has 102 valence electrons. The number of aliphatic imine (C=N–C) groups is 1. The lowest BCUT2D eigenvalue weighted by molar-refractivity contribution is 1.03. The molecule has 20 heavy (non-hydrogen) atoms. The van der Waals surface area contributed by atoms with Crippen LogP contribution < -0.4 is 11.1 Å². The van der Waals surface area contributed by atoms with E-state index >= 15 is 0 Å². The number of benzene rings is 1. The lowest BCUT2D eigenvalue weighted by Gasteiger charge is -2.19. The number of nitrogens with one attached hydrogen (secondary N) is 1. The van der Waals surface area contributed by atoms with Crippen molar-refractivity contribution in [2.75, 3.05) is 11.6 Å². The van der Waals surface area contributed by atoms with Crippen LogP contribution in [0.25, 0.3) is 0 Å². The summed E-state index contributed by atoms with van der Waals surface area (Å²) in [6.07, 6.45) is 5.30. The summed E-state index contributed by atoms with van der Waals surface area (Å²) in [6, 6.07) is 6.22. The molecular weight excluding hydrogens is 290 g/mol. The summed E-state index contributed by atoms with van der Waals surface area (Å²) in [4.78, 5) is 14.0. The van der Waals surface area contributed by atoms with Crippen molar-refractivity contribution >= 4 is 40.2 Å². The molecule has 5 nitrogen and oxygen atoms in total. The van der Waals surface area contributed by atoms with Gasteiger partial charge >= 0.3 is 0 Å². The second kappa shape index (κ2) is 5.72. The number of aromatic nitrogens is 2. The Balaban J connectivity index is 1.85. The van der Waals surface area contributed by atoms with Gasteiger partial charge in [-0.2, -0.15) is 0 Å². The minimum atomic E-state index is 0.583. The van der Waals surface area contributed by atoms with Gasteiger partial charge in [0.15, 0.2) is 11.0 Å². The number of thioether (sulfide) groups is 1. The molecule has 0 bridgehead atoms. The summed E-state index contributed by atoms with van der Waals surface area (Å²) in [7, 11) is 0. The van der Waals surface area contributed by atoms with Crippen molar-refractivity contribution in [3.63, 3.8) is 0 Å². The van der Waals surface area contributed by atoms with E-state index in [1.807, 2.05) is 6.26 Å². The minimum Gasteiger partial charge on any atom is -0.379 e. The molecule has 1 aromatic heterocycles. The Bertz CT molecular complexity index is 672. The van der Waals surface area contributed by atoms with Gasteiger partial charge in [-0.1, -0.05) is 29.6 Å². The molecule has 0 radical (unpaired) electrons. The van der Waals surface area contributed by atoms with Gasteiger partial charge in [0.05, 0.1) is 12.2 Å². The summed E-state index contributed by atoms with van der Waals surface area (Å²) >= 11 is 3.07. The van der Waals surface area contributed by atoms with Crippen molar-refractivity contribution in [2.45, 2.75) is 16.5 Å². The predicted molar refractivity (Wildman–Crippen MR) is 84.7 cm³/mol. The summed E-state index contributed by atoms with van der Waals surface area (Å²) in [5, 5.41) is 4.80. The van der Waals surface area contributed by atoms with Gasteiger partial charge in [-0.15, -0.1) is 0 Å². The molecule has 3 N–H and O–H groups in total. The molecule has 2 heterocycles. The molecular formula is C13H13N5S2. The Labute approximate surface area is 125 Å². The maximum Gasteiger partial charge on any atom is 0.163 e. The molecule has 2 aromatic rings. The van der Waals surface area contributed by atoms with Gasteiger partial charge in [-0.05, 0) is 24.0 Å². The van der Waals surface area contributed by atoms with Crippen molar-refractivity contribution in [1.82, 2.24) is 9.97 Å². The topological polar surface area (TPSA) is 76.2 Å². The first kappa shape index (κ1) is 13.3. The van der Waals surface area contributed by atoms with E-state index in [4.69, 9.17) is 5.73 Å². The van der Waals surface area contributed by atoms with Gasteiger partial charge in [-0.25, -0.2) is 9.97 Å². The quantitative estimate of drug-likeness (QED) is 0.560. The molecule has 7 heteroatoms. The van der Waals surface area contributed by atoms with E-state index in [1.54, 1.807) is 24.2 Å². The van der Waals surface area contributed by atoms with Gasteiger partial charge in [-0.3, -0.25) is 4.99 Å². The van der Waals surface area contributed by atoms with Gasteiger partial charge < -0.3 is 11.1 Å². The summed E-state index contributed by atoms with van der Waals surface area (Å²) < 4.78 is 0. The van der Waals surface area contributed by atoms with E-state index in [0.717, 1.165) is 27.0 Å². The van der Waals surface area contributed by atoms with E-state index in [2.05, 4.69) is 38.5 Å². The molecule has 1 aliphatic heterocycles. The molecule has 0 saturated heterocycles. The maximum absolute atomic E-state index is 5.70. The van der Waals surface area contributed by atoms with Crippen LogP contribution in [0.1, 0.15) is 5.56 Å². The standard InChI is InChI=1S/C13H13N5S2/c1-19-13(14)17-7-8-2-3-10-9(6-8)18-11-12(20-10)16-5-4-15-11/h2-6H,7H2,1H3,(H2,14,17)(H,15,18). The lowest BCUT2D eigenvalue weighted by Crippen LogP contribution is -2.06. The monoisotopic (exact) mass is 303 g/mol. The van der Waals surface area contributed by atoms with Gasteiger partial charge in [0.2, 0.25) is 0 Å². The highest BCUT2D eigenvalue weighted by Crippen LogP contribution is 2.41. The number of hydrogen-bond donors (Lipinski definition) is 2. The normalized spacial score (nSPS) is 13.3. The zero-order chi connectivity index (χ0) is 13.9. The molecule has 0 fully saturated rings. The fourth-order valence-corrected chi connectivity index (χ4v) is 2.89. The van der Waals surface area contributed by atoms with Crippen LogP contribution in [0.15, 0.2) is 45.5 Å². The largest absolute Gasteiger partial charge is 0.379 e. The molecule has 0 unspecified atom stereocenters. The number of anilines is 2. The Hall–Kier alpha value is -1.73. The smallest absolute Gasteiger partial charge is 0.163 e. The van der Waals surface area contributed by atoms with Crippen molar-refractivity contribution in [3.05, 3.63) is 36.2 Å². The second-order valence-corrected chi connectivity index (χ2v) is 5.98. The number of rotatable bonds is 2. The predicted octanol–water partition coefficient (Wildman–Crippen LogP) is 2.86. The van der Waals surface area contributed by atoms with Crippen molar-refractivity contribution in [1.29, 1.82) is 0 Å². The molecule has 0 atom stereocenters. The van der Waals surface area contributed by atoms with Crippen LogP contribution in [-0.4, -0.2) is 21.4 Å². The molecule has 0 spiro atoms. The van der Waals surface area contributed by atoms with Gasteiger partial charge in [0.25, 0.3) is 0 Å². The first-order valence-corrected chi connectivity index (χ1v) is 8.03. The lowest BCUT2D eigenvalue weighted by atomic mass is 10.2. The second-order valence-electron chi connectivity index (χ2n) is 4.13. The van der Waals surface area contributed by atoms with Crippen molar-refractivity contribution in [2.24, 2.45) is 10.7 Å². The Morgan fingerprint density at radius 1 is 1.40 bits per heavy atom. The fourth-order valence-electron chi connectivity index (χ4n) is 1.81. The molecule has 0 amide bonds. The maximum atomic E-state index is 5.70. The molecule has 1 aliphatic rings. The van der Waals surface area contributed by atoms with Crippen LogP contribution in [0.4, 0.5) is 11.5 Å². The fraction of sp³-hybridized carbons (Fsp3) is 0.154. The molecule has 1 aromatic carbocycles. The molecule has 0 saturated carbocycles. The zero-order valence-corrected chi connectivity index (χ0v) is 12.5. The zero-order valence-electron chi connectivity index (χ0n) is 10.8. The van der Waals surface area contributed by atoms with Gasteiger partial charge in [0.1, 0.15) is 5.03 Å². The summed E-state index contributed by atoms with van der Waals surface area (Å²) in [5.74, 6) is 0.800. The average Bonchev–Trinajstić information content (AvgIpc) is 2.50. The third kappa shape index (κ3) is 2.73. The first-order chi connectivity index (χ1) is 9.76. The highest BCUT2D eigenvalue weighted by molar-refractivity contribution is 8.13. The van der Waals surface area contributed by atoms with Crippen molar-refractivity contribution in [3.8, 4) is 0 Å². The van der Waals surface area contributed by atoms with E-state index in [-0.39, 0.29) is 0 Å². The van der Waals surface area contributed by atoms with Crippen LogP contribution in [0.3, 0.4) is 0 Å². The third-order valence-electron chi connectivity index (χ3n) is 2.79. The van der Waals surface area contributed by atoms with Crippen molar-refractivity contribution < 1.29 is 0 Å².